The SMILES string of the molecule is Cc1cc(C)c(S(=O)(=O)N(C)C(C)(C)CO)cc1C(=O)O. The van der Waals surface area contributed by atoms with Crippen LogP contribution in [-0.4, -0.2) is 48.1 Å². The van der Waals surface area contributed by atoms with E-state index >= 15 is 0 Å². The number of benzene rings is 1. The molecule has 0 aliphatic rings. The van der Waals surface area contributed by atoms with Crippen molar-refractivity contribution in [3.8, 4) is 0 Å². The maximum Gasteiger partial charge on any atom is 0.335 e. The number of carbonyl (C=O) groups is 1. The van der Waals surface area contributed by atoms with Crippen LogP contribution in [0.5, 0.6) is 0 Å². The van der Waals surface area contributed by atoms with Gasteiger partial charge in [0.15, 0.2) is 0 Å². The maximum absolute atomic E-state index is 12.7. The first-order chi connectivity index (χ1) is 9.45. The molecule has 21 heavy (non-hydrogen) atoms. The highest BCUT2D eigenvalue weighted by Gasteiger charge is 2.35. The van der Waals surface area contributed by atoms with E-state index in [1.54, 1.807) is 27.7 Å². The molecule has 0 fully saturated rings. The Bertz CT molecular complexity index is 664. The first kappa shape index (κ1) is 17.6. The Morgan fingerprint density at radius 2 is 1.76 bits per heavy atom. The summed E-state index contributed by atoms with van der Waals surface area (Å²) in [6.45, 7) is 6.07. The lowest BCUT2D eigenvalue weighted by atomic mass is 10.1. The minimum atomic E-state index is -3.90. The third-order valence-electron chi connectivity index (χ3n) is 3.63. The molecule has 0 bridgehead atoms. The van der Waals surface area contributed by atoms with Gasteiger partial charge in [-0.25, -0.2) is 13.2 Å². The van der Waals surface area contributed by atoms with Gasteiger partial charge in [0.2, 0.25) is 10.0 Å². The molecule has 1 aromatic rings. The molecule has 0 radical (unpaired) electrons. The van der Waals surface area contributed by atoms with Crippen molar-refractivity contribution in [2.45, 2.75) is 38.1 Å². The second-order valence-electron chi connectivity index (χ2n) is 5.68. The predicted octanol–water partition coefficient (Wildman–Crippen LogP) is 1.39. The number of hydrogen-bond donors (Lipinski definition) is 2. The fourth-order valence-electron chi connectivity index (χ4n) is 1.91. The number of likely N-dealkylation sites (N-methyl/N-ethyl adjacent to an activating group) is 1. The van der Waals surface area contributed by atoms with E-state index in [1.807, 2.05) is 0 Å². The Balaban J connectivity index is 3.52. The van der Waals surface area contributed by atoms with E-state index in [4.69, 9.17) is 5.11 Å². The van der Waals surface area contributed by atoms with Gasteiger partial charge in [-0.15, -0.1) is 0 Å². The molecule has 1 rings (SSSR count). The molecule has 0 spiro atoms. The predicted molar refractivity (Wildman–Crippen MR) is 79.0 cm³/mol. The summed E-state index contributed by atoms with van der Waals surface area (Å²) in [6, 6.07) is 2.71. The van der Waals surface area contributed by atoms with Crippen LogP contribution in [-0.2, 0) is 10.0 Å². The van der Waals surface area contributed by atoms with Crippen LogP contribution in [0.25, 0.3) is 0 Å². The Morgan fingerprint density at radius 3 is 2.19 bits per heavy atom. The molecular formula is C14H21NO5S. The van der Waals surface area contributed by atoms with Gasteiger partial charge in [-0.1, -0.05) is 6.07 Å². The van der Waals surface area contributed by atoms with Gasteiger partial charge in [0, 0.05) is 7.05 Å². The molecule has 118 valence electrons. The van der Waals surface area contributed by atoms with Gasteiger partial charge in [0.25, 0.3) is 0 Å². The van der Waals surface area contributed by atoms with Gasteiger partial charge in [0.1, 0.15) is 0 Å². The first-order valence-corrected chi connectivity index (χ1v) is 7.83. The Hall–Kier alpha value is -1.44. The number of aryl methyl sites for hydroxylation is 2. The van der Waals surface area contributed by atoms with Crippen LogP contribution < -0.4 is 0 Å². The summed E-state index contributed by atoms with van der Waals surface area (Å²) >= 11 is 0. The zero-order valence-corrected chi connectivity index (χ0v) is 13.7. The zero-order chi connectivity index (χ0) is 16.6. The lowest BCUT2D eigenvalue weighted by Gasteiger charge is -2.33. The molecule has 0 amide bonds. The lowest BCUT2D eigenvalue weighted by molar-refractivity contribution is 0.0696. The molecule has 0 atom stereocenters. The molecule has 7 heteroatoms. The van der Waals surface area contributed by atoms with E-state index in [2.05, 4.69) is 0 Å². The Labute approximate surface area is 125 Å². The molecule has 2 N–H and O–H groups in total. The molecule has 0 saturated carbocycles. The normalized spacial score (nSPS) is 12.7. The largest absolute Gasteiger partial charge is 0.478 e. The minimum Gasteiger partial charge on any atom is -0.478 e. The Morgan fingerprint density at radius 1 is 1.24 bits per heavy atom. The quantitative estimate of drug-likeness (QED) is 0.856. The third-order valence-corrected chi connectivity index (χ3v) is 5.84. The van der Waals surface area contributed by atoms with Crippen LogP contribution in [0, 0.1) is 13.8 Å². The molecule has 0 saturated heterocycles. The molecule has 0 aliphatic heterocycles. The number of hydrogen-bond acceptors (Lipinski definition) is 4. The average molecular weight is 315 g/mol. The fraction of sp³-hybridized carbons (Fsp3) is 0.500. The summed E-state index contributed by atoms with van der Waals surface area (Å²) in [5.41, 5.74) is -0.0602. The summed E-state index contributed by atoms with van der Waals surface area (Å²) in [5, 5.41) is 18.5. The third kappa shape index (κ3) is 3.25. The monoisotopic (exact) mass is 315 g/mol. The maximum atomic E-state index is 12.7. The van der Waals surface area contributed by atoms with Crippen molar-refractivity contribution < 1.29 is 23.4 Å². The van der Waals surface area contributed by atoms with Gasteiger partial charge in [0.05, 0.1) is 22.6 Å². The van der Waals surface area contributed by atoms with Crippen LogP contribution in [0.2, 0.25) is 0 Å². The Kier molecular flexibility index (Phi) is 4.82. The number of aromatic carboxylic acids is 1. The first-order valence-electron chi connectivity index (χ1n) is 6.39. The van der Waals surface area contributed by atoms with Crippen LogP contribution in [0.4, 0.5) is 0 Å². The summed E-state index contributed by atoms with van der Waals surface area (Å²) in [7, 11) is -2.54. The standard InChI is InChI=1S/C14H21NO5S/c1-9-6-10(2)12(7-11(9)13(17)18)21(19,20)15(5)14(3,4)8-16/h6-7,16H,8H2,1-5H3,(H,17,18). The van der Waals surface area contributed by atoms with Crippen molar-refractivity contribution >= 4 is 16.0 Å². The molecule has 0 aromatic heterocycles. The van der Waals surface area contributed by atoms with Gasteiger partial charge in [-0.05, 0) is 44.9 Å². The summed E-state index contributed by atoms with van der Waals surface area (Å²) in [5.74, 6) is -1.17. The van der Waals surface area contributed by atoms with Crippen molar-refractivity contribution in [2.75, 3.05) is 13.7 Å². The van der Waals surface area contributed by atoms with Crippen LogP contribution in [0.1, 0.15) is 35.3 Å². The number of nitrogens with zero attached hydrogens (tertiary/aromatic N) is 1. The smallest absolute Gasteiger partial charge is 0.335 e. The lowest BCUT2D eigenvalue weighted by Crippen LogP contribution is -2.47. The number of carboxylic acid groups (broad SMARTS) is 1. The van der Waals surface area contributed by atoms with E-state index < -0.39 is 21.5 Å². The average Bonchev–Trinajstić information content (AvgIpc) is 2.36. The van der Waals surface area contributed by atoms with Crippen molar-refractivity contribution in [3.63, 3.8) is 0 Å². The summed E-state index contributed by atoms with van der Waals surface area (Å²) < 4.78 is 26.4. The van der Waals surface area contributed by atoms with Crippen LogP contribution in [0.15, 0.2) is 17.0 Å². The molecular weight excluding hydrogens is 294 g/mol. The van der Waals surface area contributed by atoms with Gasteiger partial charge in [-0.3, -0.25) is 0 Å². The summed E-state index contributed by atoms with van der Waals surface area (Å²) in [6.07, 6.45) is 0. The highest BCUT2D eigenvalue weighted by atomic mass is 32.2. The van der Waals surface area contributed by atoms with Crippen molar-refractivity contribution in [2.24, 2.45) is 0 Å². The van der Waals surface area contributed by atoms with E-state index in [-0.39, 0.29) is 17.1 Å². The molecule has 1 aromatic carbocycles. The molecule has 0 heterocycles. The van der Waals surface area contributed by atoms with Crippen LogP contribution in [0.3, 0.4) is 0 Å². The highest BCUT2D eigenvalue weighted by Crippen LogP contribution is 2.27. The highest BCUT2D eigenvalue weighted by molar-refractivity contribution is 7.89. The minimum absolute atomic E-state index is 0.0469. The van der Waals surface area contributed by atoms with E-state index in [0.717, 1.165) is 4.31 Å². The number of aliphatic hydroxyl groups excluding tert-OH is 1. The van der Waals surface area contributed by atoms with E-state index in [9.17, 15) is 18.3 Å². The van der Waals surface area contributed by atoms with E-state index in [1.165, 1.54) is 19.2 Å². The molecule has 0 unspecified atom stereocenters. The number of rotatable bonds is 5. The molecule has 0 aliphatic carbocycles. The van der Waals surface area contributed by atoms with Crippen molar-refractivity contribution in [3.05, 3.63) is 28.8 Å². The second-order valence-corrected chi connectivity index (χ2v) is 7.62. The number of carboxylic acids is 1. The number of sulfonamides is 1. The van der Waals surface area contributed by atoms with Crippen molar-refractivity contribution in [1.29, 1.82) is 0 Å². The fourth-order valence-corrected chi connectivity index (χ4v) is 3.65. The summed E-state index contributed by atoms with van der Waals surface area (Å²) in [4.78, 5) is 11.1. The second kappa shape index (κ2) is 5.75. The topological polar surface area (TPSA) is 94.9 Å². The zero-order valence-electron chi connectivity index (χ0n) is 12.8. The van der Waals surface area contributed by atoms with E-state index in [0.29, 0.717) is 11.1 Å². The molecule has 6 nitrogen and oxygen atoms in total. The van der Waals surface area contributed by atoms with Gasteiger partial charge >= 0.3 is 5.97 Å². The van der Waals surface area contributed by atoms with Crippen LogP contribution >= 0.6 is 0 Å². The number of aliphatic hydroxyl groups is 1. The van der Waals surface area contributed by atoms with Gasteiger partial charge in [-0.2, -0.15) is 4.31 Å². The van der Waals surface area contributed by atoms with Crippen molar-refractivity contribution in [1.82, 2.24) is 4.31 Å². The van der Waals surface area contributed by atoms with Gasteiger partial charge < -0.3 is 10.2 Å².